The summed E-state index contributed by atoms with van der Waals surface area (Å²) in [5.41, 5.74) is 0. The molecule has 0 aliphatic carbocycles. The zero-order valence-electron chi connectivity index (χ0n) is 5.75. The van der Waals surface area contributed by atoms with Gasteiger partial charge in [0.25, 0.3) is 0 Å². The Bertz CT molecular complexity index is 116. The van der Waals surface area contributed by atoms with Gasteiger partial charge in [0.15, 0.2) is 6.29 Å². The van der Waals surface area contributed by atoms with Crippen LogP contribution in [0.15, 0.2) is 12.7 Å². The maximum atomic E-state index is 5.83. The molecular weight excluding hydrogens is 152 g/mol. The van der Waals surface area contributed by atoms with Crippen LogP contribution in [0.5, 0.6) is 0 Å². The molecule has 1 rings (SSSR count). The molecule has 0 saturated carbocycles. The third kappa shape index (κ3) is 1.97. The quantitative estimate of drug-likeness (QED) is 0.463. The average molecular weight is 163 g/mol. The standard InChI is InChI=1S/C7H11ClO2/c1-2-4-9-7-6(8)3-5-10-7/h2,6-7H,1,3-5H2. The van der Waals surface area contributed by atoms with E-state index in [1.54, 1.807) is 6.08 Å². The average Bonchev–Trinajstić information content (AvgIpc) is 2.31. The Morgan fingerprint density at radius 3 is 3.10 bits per heavy atom. The van der Waals surface area contributed by atoms with E-state index in [1.807, 2.05) is 0 Å². The van der Waals surface area contributed by atoms with Gasteiger partial charge in [0.05, 0.1) is 18.6 Å². The van der Waals surface area contributed by atoms with Gasteiger partial charge < -0.3 is 9.47 Å². The van der Waals surface area contributed by atoms with Gasteiger partial charge in [-0.25, -0.2) is 0 Å². The molecule has 3 heteroatoms. The van der Waals surface area contributed by atoms with Gasteiger partial charge in [0.2, 0.25) is 0 Å². The Labute approximate surface area is 65.8 Å². The SMILES string of the molecule is C=CCOC1OCCC1Cl. The van der Waals surface area contributed by atoms with Crippen molar-refractivity contribution in [1.82, 2.24) is 0 Å². The van der Waals surface area contributed by atoms with Crippen molar-refractivity contribution in [3.8, 4) is 0 Å². The molecular formula is C7H11ClO2. The van der Waals surface area contributed by atoms with E-state index in [1.165, 1.54) is 0 Å². The number of hydrogen-bond acceptors (Lipinski definition) is 2. The summed E-state index contributed by atoms with van der Waals surface area (Å²) in [6.45, 7) is 4.74. The van der Waals surface area contributed by atoms with E-state index in [9.17, 15) is 0 Å². The van der Waals surface area contributed by atoms with Gasteiger partial charge in [-0.3, -0.25) is 0 Å². The first-order chi connectivity index (χ1) is 4.84. The van der Waals surface area contributed by atoms with Gasteiger partial charge in [-0.05, 0) is 6.42 Å². The summed E-state index contributed by atoms with van der Waals surface area (Å²) in [5, 5.41) is 0.0138. The monoisotopic (exact) mass is 162 g/mol. The summed E-state index contributed by atoms with van der Waals surface area (Å²) in [7, 11) is 0. The number of rotatable bonds is 3. The van der Waals surface area contributed by atoms with Gasteiger partial charge >= 0.3 is 0 Å². The third-order valence-electron chi connectivity index (χ3n) is 1.35. The third-order valence-corrected chi connectivity index (χ3v) is 1.77. The molecule has 0 aromatic rings. The van der Waals surface area contributed by atoms with E-state index in [-0.39, 0.29) is 11.7 Å². The van der Waals surface area contributed by atoms with Crippen LogP contribution in [-0.2, 0) is 9.47 Å². The highest BCUT2D eigenvalue weighted by Gasteiger charge is 2.26. The Kier molecular flexibility index (Phi) is 3.19. The van der Waals surface area contributed by atoms with Crippen molar-refractivity contribution in [3.63, 3.8) is 0 Å². The second-order valence-corrected chi connectivity index (χ2v) is 2.73. The van der Waals surface area contributed by atoms with Crippen molar-refractivity contribution in [2.75, 3.05) is 13.2 Å². The highest BCUT2D eigenvalue weighted by atomic mass is 35.5. The van der Waals surface area contributed by atoms with Crippen molar-refractivity contribution in [2.24, 2.45) is 0 Å². The van der Waals surface area contributed by atoms with Gasteiger partial charge in [-0.1, -0.05) is 6.08 Å². The molecule has 1 fully saturated rings. The smallest absolute Gasteiger partial charge is 0.174 e. The van der Waals surface area contributed by atoms with Crippen molar-refractivity contribution in [1.29, 1.82) is 0 Å². The van der Waals surface area contributed by atoms with Crippen LogP contribution in [0.2, 0.25) is 0 Å². The molecule has 0 aromatic heterocycles. The summed E-state index contributed by atoms with van der Waals surface area (Å²) in [6, 6.07) is 0. The van der Waals surface area contributed by atoms with E-state index in [0.717, 1.165) is 6.42 Å². The van der Waals surface area contributed by atoms with Crippen LogP contribution in [-0.4, -0.2) is 24.9 Å². The summed E-state index contributed by atoms with van der Waals surface area (Å²) in [4.78, 5) is 0. The summed E-state index contributed by atoms with van der Waals surface area (Å²) in [5.74, 6) is 0. The Morgan fingerprint density at radius 1 is 1.80 bits per heavy atom. The van der Waals surface area contributed by atoms with Gasteiger partial charge in [-0.15, -0.1) is 18.2 Å². The lowest BCUT2D eigenvalue weighted by molar-refractivity contribution is -0.0994. The van der Waals surface area contributed by atoms with Crippen LogP contribution in [0.25, 0.3) is 0 Å². The van der Waals surface area contributed by atoms with Crippen molar-refractivity contribution < 1.29 is 9.47 Å². The van der Waals surface area contributed by atoms with Crippen LogP contribution < -0.4 is 0 Å². The Hall–Kier alpha value is -0.0500. The van der Waals surface area contributed by atoms with Crippen LogP contribution in [0.1, 0.15) is 6.42 Å². The van der Waals surface area contributed by atoms with E-state index in [2.05, 4.69) is 6.58 Å². The zero-order chi connectivity index (χ0) is 7.40. The molecule has 1 aliphatic heterocycles. The molecule has 2 atom stereocenters. The van der Waals surface area contributed by atoms with Crippen molar-refractivity contribution >= 4 is 11.6 Å². The Morgan fingerprint density at radius 2 is 2.60 bits per heavy atom. The summed E-state index contributed by atoms with van der Waals surface area (Å²) in [6.07, 6.45) is 2.34. The normalized spacial score (nSPS) is 32.5. The molecule has 1 heterocycles. The Balaban J connectivity index is 2.19. The first kappa shape index (κ1) is 8.05. The van der Waals surface area contributed by atoms with Crippen LogP contribution in [0.3, 0.4) is 0 Å². The molecule has 0 amide bonds. The maximum absolute atomic E-state index is 5.83. The van der Waals surface area contributed by atoms with Gasteiger partial charge in [0.1, 0.15) is 0 Å². The van der Waals surface area contributed by atoms with Crippen molar-refractivity contribution in [3.05, 3.63) is 12.7 Å². The minimum Gasteiger partial charge on any atom is -0.351 e. The highest BCUT2D eigenvalue weighted by Crippen LogP contribution is 2.19. The number of hydrogen-bond donors (Lipinski definition) is 0. The zero-order valence-corrected chi connectivity index (χ0v) is 6.51. The lowest BCUT2D eigenvalue weighted by Crippen LogP contribution is -2.19. The lowest BCUT2D eigenvalue weighted by Gasteiger charge is -2.11. The first-order valence-electron chi connectivity index (χ1n) is 3.33. The molecule has 2 nitrogen and oxygen atoms in total. The lowest BCUT2D eigenvalue weighted by atomic mass is 10.3. The molecule has 10 heavy (non-hydrogen) atoms. The second-order valence-electron chi connectivity index (χ2n) is 2.17. The fourth-order valence-electron chi connectivity index (χ4n) is 0.853. The van der Waals surface area contributed by atoms with Crippen LogP contribution in [0.4, 0.5) is 0 Å². The largest absolute Gasteiger partial charge is 0.351 e. The molecule has 0 N–H and O–H groups in total. The predicted octanol–water partition coefficient (Wildman–Crippen LogP) is 1.54. The molecule has 2 unspecified atom stereocenters. The molecule has 0 spiro atoms. The second kappa shape index (κ2) is 3.96. The topological polar surface area (TPSA) is 18.5 Å². The van der Waals surface area contributed by atoms with Crippen LogP contribution >= 0.6 is 11.6 Å². The van der Waals surface area contributed by atoms with Crippen molar-refractivity contribution in [2.45, 2.75) is 18.1 Å². The molecule has 1 saturated heterocycles. The van der Waals surface area contributed by atoms with E-state index in [0.29, 0.717) is 13.2 Å². The minimum atomic E-state index is -0.223. The van der Waals surface area contributed by atoms with Gasteiger partial charge in [0, 0.05) is 0 Å². The van der Waals surface area contributed by atoms with Crippen LogP contribution in [0, 0.1) is 0 Å². The fourth-order valence-corrected chi connectivity index (χ4v) is 1.09. The fraction of sp³-hybridized carbons (Fsp3) is 0.714. The van der Waals surface area contributed by atoms with Gasteiger partial charge in [-0.2, -0.15) is 0 Å². The van der Waals surface area contributed by atoms with E-state index < -0.39 is 0 Å². The molecule has 1 aliphatic rings. The number of halogens is 1. The predicted molar refractivity (Wildman–Crippen MR) is 40.1 cm³/mol. The first-order valence-corrected chi connectivity index (χ1v) is 3.76. The highest BCUT2D eigenvalue weighted by molar-refractivity contribution is 6.21. The molecule has 0 bridgehead atoms. The number of alkyl halides is 1. The van der Waals surface area contributed by atoms with E-state index in [4.69, 9.17) is 21.1 Å². The molecule has 0 radical (unpaired) electrons. The minimum absolute atomic E-state index is 0.0138. The van der Waals surface area contributed by atoms with E-state index >= 15 is 0 Å². The maximum Gasteiger partial charge on any atom is 0.174 e. The molecule has 0 aromatic carbocycles. The summed E-state index contributed by atoms with van der Waals surface area (Å²) < 4.78 is 10.4. The number of ether oxygens (including phenoxy) is 2. The summed E-state index contributed by atoms with van der Waals surface area (Å²) >= 11 is 5.83. The molecule has 58 valence electrons.